The van der Waals surface area contributed by atoms with Crippen molar-refractivity contribution >= 4 is 27.7 Å². The molecule has 0 bridgehead atoms. The van der Waals surface area contributed by atoms with Crippen molar-refractivity contribution in [1.29, 1.82) is 0 Å². The highest BCUT2D eigenvalue weighted by Crippen LogP contribution is 2.36. The first kappa shape index (κ1) is 23.0. The third-order valence-electron chi connectivity index (χ3n) is 4.38. The molecule has 0 saturated carbocycles. The molecule has 8 heteroatoms. The Balaban J connectivity index is 2.16. The third-order valence-corrected chi connectivity index (χ3v) is 7.78. The molecule has 1 saturated heterocycles. The van der Waals surface area contributed by atoms with E-state index in [9.17, 15) is 8.42 Å². The second-order valence-electron chi connectivity index (χ2n) is 8.41. The number of sulfonamides is 1. The van der Waals surface area contributed by atoms with Gasteiger partial charge in [-0.15, -0.1) is 0 Å². The molecule has 1 unspecified atom stereocenters. The first-order valence-corrected chi connectivity index (χ1v) is 12.3. The van der Waals surface area contributed by atoms with Crippen LogP contribution in [-0.2, 0) is 16.6 Å². The predicted molar refractivity (Wildman–Crippen MR) is 119 cm³/mol. The lowest BCUT2D eigenvalue weighted by Gasteiger charge is -2.24. The van der Waals surface area contributed by atoms with E-state index in [1.54, 1.807) is 12.1 Å². The van der Waals surface area contributed by atoms with Gasteiger partial charge < -0.3 is 10.6 Å². The number of rotatable bonds is 7. The molecule has 1 fully saturated rings. The number of nitrogens with one attached hydrogen (secondary N) is 3. The molecule has 1 aliphatic rings. The molecule has 0 aliphatic carbocycles. The zero-order valence-electron chi connectivity index (χ0n) is 17.6. The summed E-state index contributed by atoms with van der Waals surface area (Å²) in [5.74, 6) is 1.92. The molecule has 1 aliphatic heterocycles. The SMILES string of the molecule is CCNC(=NCc1ccccc1S(=O)(=O)NC(C)(C)C)NCC1(C)CCCS1. The van der Waals surface area contributed by atoms with Crippen LogP contribution in [0.15, 0.2) is 34.2 Å². The minimum Gasteiger partial charge on any atom is -0.357 e. The summed E-state index contributed by atoms with van der Waals surface area (Å²) in [6, 6.07) is 7.04. The monoisotopic (exact) mass is 426 g/mol. The fourth-order valence-electron chi connectivity index (χ4n) is 3.11. The molecule has 1 aromatic carbocycles. The first-order valence-electron chi connectivity index (χ1n) is 9.83. The Hall–Kier alpha value is -1.25. The Morgan fingerprint density at radius 2 is 1.96 bits per heavy atom. The lowest BCUT2D eigenvalue weighted by molar-refractivity contribution is 0.491. The Morgan fingerprint density at radius 1 is 1.25 bits per heavy atom. The van der Waals surface area contributed by atoms with Crippen LogP contribution in [0, 0.1) is 0 Å². The van der Waals surface area contributed by atoms with Crippen molar-refractivity contribution in [2.75, 3.05) is 18.8 Å². The standard InChI is InChI=1S/C20H34N4O2S2/c1-6-21-18(23-15-20(5)12-9-13-27-20)22-14-16-10-7-8-11-17(16)28(25,26)24-19(2,3)4/h7-8,10-11,24H,6,9,12-15H2,1-5H3,(H2,21,22,23). The molecule has 0 radical (unpaired) electrons. The summed E-state index contributed by atoms with van der Waals surface area (Å²) >= 11 is 2.00. The average molecular weight is 427 g/mol. The summed E-state index contributed by atoms with van der Waals surface area (Å²) in [5.41, 5.74) is 0.137. The van der Waals surface area contributed by atoms with Gasteiger partial charge in [-0.2, -0.15) is 11.8 Å². The summed E-state index contributed by atoms with van der Waals surface area (Å²) in [6.07, 6.45) is 2.45. The largest absolute Gasteiger partial charge is 0.357 e. The maximum absolute atomic E-state index is 12.8. The maximum atomic E-state index is 12.8. The van der Waals surface area contributed by atoms with Crippen molar-refractivity contribution in [3.63, 3.8) is 0 Å². The fraction of sp³-hybridized carbons (Fsp3) is 0.650. The van der Waals surface area contributed by atoms with Crippen LogP contribution in [-0.4, -0.2) is 43.5 Å². The van der Waals surface area contributed by atoms with Crippen LogP contribution in [0.3, 0.4) is 0 Å². The third kappa shape index (κ3) is 6.97. The second kappa shape index (κ2) is 9.50. The summed E-state index contributed by atoms with van der Waals surface area (Å²) in [6.45, 7) is 11.7. The molecule has 0 aromatic heterocycles. The van der Waals surface area contributed by atoms with Gasteiger partial charge in [0.1, 0.15) is 0 Å². The predicted octanol–water partition coefficient (Wildman–Crippen LogP) is 3.10. The van der Waals surface area contributed by atoms with Crippen molar-refractivity contribution in [3.8, 4) is 0 Å². The molecule has 2 rings (SSSR count). The van der Waals surface area contributed by atoms with Crippen molar-refractivity contribution < 1.29 is 8.42 Å². The molecule has 6 nitrogen and oxygen atoms in total. The normalized spacial score (nSPS) is 21.0. The molecule has 0 amide bonds. The molecule has 1 heterocycles. The Labute approximate surface area is 174 Å². The number of nitrogens with zero attached hydrogens (tertiary/aromatic N) is 1. The van der Waals surface area contributed by atoms with Crippen LogP contribution >= 0.6 is 11.8 Å². The van der Waals surface area contributed by atoms with E-state index in [-0.39, 0.29) is 9.64 Å². The zero-order chi connectivity index (χ0) is 20.8. The van der Waals surface area contributed by atoms with Crippen LogP contribution in [0.5, 0.6) is 0 Å². The molecule has 1 aromatic rings. The van der Waals surface area contributed by atoms with Gasteiger partial charge in [-0.1, -0.05) is 18.2 Å². The number of aliphatic imine (C=N–C) groups is 1. The van der Waals surface area contributed by atoms with Gasteiger partial charge >= 0.3 is 0 Å². The van der Waals surface area contributed by atoms with E-state index in [2.05, 4.69) is 27.3 Å². The highest BCUT2D eigenvalue weighted by molar-refractivity contribution is 8.00. The summed E-state index contributed by atoms with van der Waals surface area (Å²) < 4.78 is 28.5. The lowest BCUT2D eigenvalue weighted by Crippen LogP contribution is -2.43. The maximum Gasteiger partial charge on any atom is 0.241 e. The molecule has 1 atom stereocenters. The molecular formula is C20H34N4O2S2. The van der Waals surface area contributed by atoms with Gasteiger partial charge in [0.25, 0.3) is 0 Å². The van der Waals surface area contributed by atoms with Gasteiger partial charge in [0.05, 0.1) is 11.4 Å². The summed E-state index contributed by atoms with van der Waals surface area (Å²) in [7, 11) is -3.61. The van der Waals surface area contributed by atoms with Crippen LogP contribution in [0.4, 0.5) is 0 Å². The van der Waals surface area contributed by atoms with Crippen LogP contribution in [0.2, 0.25) is 0 Å². The van der Waals surface area contributed by atoms with E-state index in [1.165, 1.54) is 18.6 Å². The zero-order valence-corrected chi connectivity index (χ0v) is 19.3. The Kier molecular flexibility index (Phi) is 7.81. The Morgan fingerprint density at radius 3 is 2.57 bits per heavy atom. The molecule has 28 heavy (non-hydrogen) atoms. The van der Waals surface area contributed by atoms with E-state index >= 15 is 0 Å². The number of hydrogen-bond donors (Lipinski definition) is 3. The summed E-state index contributed by atoms with van der Waals surface area (Å²) in [4.78, 5) is 4.92. The minimum atomic E-state index is -3.61. The van der Waals surface area contributed by atoms with Crippen molar-refractivity contribution in [1.82, 2.24) is 15.4 Å². The summed E-state index contributed by atoms with van der Waals surface area (Å²) in [5, 5.41) is 6.68. The minimum absolute atomic E-state index is 0.230. The van der Waals surface area contributed by atoms with Gasteiger partial charge in [0.15, 0.2) is 5.96 Å². The second-order valence-corrected chi connectivity index (χ2v) is 11.7. The number of benzene rings is 1. The van der Waals surface area contributed by atoms with Gasteiger partial charge in [0.2, 0.25) is 10.0 Å². The van der Waals surface area contributed by atoms with Gasteiger partial charge in [-0.3, -0.25) is 0 Å². The molecule has 0 spiro atoms. The van der Waals surface area contributed by atoms with Gasteiger partial charge in [-0.25, -0.2) is 18.1 Å². The van der Waals surface area contributed by atoms with E-state index in [1.807, 2.05) is 51.6 Å². The van der Waals surface area contributed by atoms with Gasteiger partial charge in [-0.05, 0) is 64.8 Å². The van der Waals surface area contributed by atoms with Crippen LogP contribution in [0.25, 0.3) is 0 Å². The number of hydrogen-bond acceptors (Lipinski definition) is 4. The van der Waals surface area contributed by atoms with Gasteiger partial charge in [0, 0.05) is 23.4 Å². The van der Waals surface area contributed by atoms with E-state index in [0.717, 1.165) is 13.1 Å². The smallest absolute Gasteiger partial charge is 0.241 e. The van der Waals surface area contributed by atoms with Crippen molar-refractivity contribution in [2.24, 2.45) is 4.99 Å². The average Bonchev–Trinajstić information content (AvgIpc) is 3.02. The number of thioether (sulfide) groups is 1. The van der Waals surface area contributed by atoms with Crippen molar-refractivity contribution in [3.05, 3.63) is 29.8 Å². The van der Waals surface area contributed by atoms with Crippen LogP contribution < -0.4 is 15.4 Å². The van der Waals surface area contributed by atoms with E-state index in [0.29, 0.717) is 18.1 Å². The highest BCUT2D eigenvalue weighted by atomic mass is 32.2. The fourth-order valence-corrected chi connectivity index (χ4v) is 6.00. The molecule has 3 N–H and O–H groups in total. The number of guanidine groups is 1. The molecule has 158 valence electrons. The van der Waals surface area contributed by atoms with Crippen LogP contribution in [0.1, 0.15) is 53.0 Å². The Bertz CT molecular complexity index is 780. The topological polar surface area (TPSA) is 82.6 Å². The lowest BCUT2D eigenvalue weighted by atomic mass is 10.1. The van der Waals surface area contributed by atoms with Crippen molar-refractivity contribution in [2.45, 2.75) is 69.2 Å². The van der Waals surface area contributed by atoms with E-state index in [4.69, 9.17) is 0 Å². The highest BCUT2D eigenvalue weighted by Gasteiger charge is 2.29. The quantitative estimate of drug-likeness (QED) is 0.461. The van der Waals surface area contributed by atoms with E-state index < -0.39 is 15.6 Å². The first-order chi connectivity index (χ1) is 13.0. The molecular weight excluding hydrogens is 392 g/mol.